The Bertz CT molecular complexity index is 950. The largest absolute Gasteiger partial charge is 0.441 e. The van der Waals surface area contributed by atoms with Gasteiger partial charge in [0.25, 0.3) is 0 Å². The third-order valence-electron chi connectivity index (χ3n) is 5.83. The lowest BCUT2D eigenvalue weighted by atomic mass is 10.2. The molecule has 1 amide bonds. The molecule has 6 heteroatoms. The van der Waals surface area contributed by atoms with Gasteiger partial charge in [0.2, 0.25) is 5.91 Å². The first-order chi connectivity index (χ1) is 15.2. The van der Waals surface area contributed by atoms with Crippen LogP contribution in [0.1, 0.15) is 19.2 Å². The van der Waals surface area contributed by atoms with E-state index in [2.05, 4.69) is 57.4 Å². The van der Waals surface area contributed by atoms with Crippen molar-refractivity contribution in [2.45, 2.75) is 25.8 Å². The van der Waals surface area contributed by atoms with Gasteiger partial charge in [-0.25, -0.2) is 4.98 Å². The highest BCUT2D eigenvalue weighted by Gasteiger charge is 2.21. The van der Waals surface area contributed by atoms with Crippen molar-refractivity contribution in [1.29, 1.82) is 0 Å². The van der Waals surface area contributed by atoms with Crippen molar-refractivity contribution in [2.75, 3.05) is 37.6 Å². The Morgan fingerprint density at radius 3 is 2.42 bits per heavy atom. The molecule has 0 spiro atoms. The van der Waals surface area contributed by atoms with Gasteiger partial charge in [-0.1, -0.05) is 48.5 Å². The lowest BCUT2D eigenvalue weighted by Crippen LogP contribution is -2.52. The third kappa shape index (κ3) is 5.73. The van der Waals surface area contributed by atoms with Gasteiger partial charge in [-0.3, -0.25) is 9.69 Å². The van der Waals surface area contributed by atoms with E-state index >= 15 is 0 Å². The fourth-order valence-corrected chi connectivity index (χ4v) is 3.92. The molecule has 1 aromatic heterocycles. The number of benzene rings is 2. The van der Waals surface area contributed by atoms with Crippen LogP contribution in [-0.4, -0.2) is 54.6 Å². The molecule has 1 fully saturated rings. The van der Waals surface area contributed by atoms with Crippen molar-refractivity contribution in [1.82, 2.24) is 15.2 Å². The Hall–Kier alpha value is -3.12. The van der Waals surface area contributed by atoms with Gasteiger partial charge in [0.15, 0.2) is 11.7 Å². The lowest BCUT2D eigenvalue weighted by molar-refractivity contribution is -0.121. The van der Waals surface area contributed by atoms with Crippen LogP contribution in [0.15, 0.2) is 71.3 Å². The number of oxazole rings is 1. The SMILES string of the molecule is CC(CNC(=O)CCc1ncc(-c2ccccc2)o1)N1CCN(c2ccccc2)CC1. The molecule has 1 N–H and O–H groups in total. The Morgan fingerprint density at radius 1 is 1.03 bits per heavy atom. The monoisotopic (exact) mass is 418 g/mol. The first kappa shape index (κ1) is 21.1. The van der Waals surface area contributed by atoms with Crippen molar-refractivity contribution in [3.05, 3.63) is 72.8 Å². The van der Waals surface area contributed by atoms with Gasteiger partial charge in [-0.05, 0) is 19.1 Å². The third-order valence-corrected chi connectivity index (χ3v) is 5.83. The van der Waals surface area contributed by atoms with Gasteiger partial charge in [0, 0.05) is 62.9 Å². The summed E-state index contributed by atoms with van der Waals surface area (Å²) in [4.78, 5) is 21.5. The van der Waals surface area contributed by atoms with E-state index in [9.17, 15) is 4.79 Å². The molecular weight excluding hydrogens is 388 g/mol. The second-order valence-electron chi connectivity index (χ2n) is 8.00. The van der Waals surface area contributed by atoms with E-state index in [4.69, 9.17) is 4.42 Å². The highest BCUT2D eigenvalue weighted by Crippen LogP contribution is 2.20. The number of carbonyl (C=O) groups is 1. The molecule has 1 aliphatic rings. The summed E-state index contributed by atoms with van der Waals surface area (Å²) in [6.07, 6.45) is 2.60. The van der Waals surface area contributed by atoms with Crippen LogP contribution in [0.25, 0.3) is 11.3 Å². The zero-order chi connectivity index (χ0) is 21.5. The highest BCUT2D eigenvalue weighted by atomic mass is 16.4. The van der Waals surface area contributed by atoms with Crippen LogP contribution in [0.4, 0.5) is 5.69 Å². The molecule has 0 bridgehead atoms. The maximum Gasteiger partial charge on any atom is 0.220 e. The Kier molecular flexibility index (Phi) is 6.99. The summed E-state index contributed by atoms with van der Waals surface area (Å²) in [5, 5.41) is 3.07. The van der Waals surface area contributed by atoms with E-state index in [1.54, 1.807) is 6.20 Å². The number of aryl methyl sites for hydroxylation is 1. The van der Waals surface area contributed by atoms with E-state index in [1.165, 1.54) is 5.69 Å². The number of aromatic nitrogens is 1. The van der Waals surface area contributed by atoms with Gasteiger partial charge in [-0.15, -0.1) is 0 Å². The number of para-hydroxylation sites is 1. The summed E-state index contributed by atoms with van der Waals surface area (Å²) in [5.41, 5.74) is 2.27. The number of nitrogens with zero attached hydrogens (tertiary/aromatic N) is 3. The normalized spacial score (nSPS) is 15.6. The zero-order valence-corrected chi connectivity index (χ0v) is 18.0. The van der Waals surface area contributed by atoms with Crippen LogP contribution in [-0.2, 0) is 11.2 Å². The molecular formula is C25H30N4O2. The molecule has 1 unspecified atom stereocenters. The number of nitrogens with one attached hydrogen (secondary N) is 1. The minimum atomic E-state index is 0.0363. The average molecular weight is 419 g/mol. The van der Waals surface area contributed by atoms with E-state index < -0.39 is 0 Å². The maximum absolute atomic E-state index is 12.3. The molecule has 4 rings (SSSR count). The van der Waals surface area contributed by atoms with Crippen LogP contribution in [0.3, 0.4) is 0 Å². The number of rotatable bonds is 8. The maximum atomic E-state index is 12.3. The smallest absolute Gasteiger partial charge is 0.220 e. The van der Waals surface area contributed by atoms with E-state index in [0.717, 1.165) is 37.5 Å². The second-order valence-corrected chi connectivity index (χ2v) is 8.00. The van der Waals surface area contributed by atoms with Crippen molar-refractivity contribution in [3.63, 3.8) is 0 Å². The van der Waals surface area contributed by atoms with Gasteiger partial charge >= 0.3 is 0 Å². The standard InChI is InChI=1S/C25H30N4O2/c1-20(28-14-16-29(17-15-28)22-10-6-3-7-11-22)18-26-24(30)12-13-25-27-19-23(31-25)21-8-4-2-5-9-21/h2-11,19-20H,12-18H2,1H3,(H,26,30). The number of hydrogen-bond donors (Lipinski definition) is 1. The molecule has 1 saturated heterocycles. The predicted octanol–water partition coefficient (Wildman–Crippen LogP) is 3.60. The van der Waals surface area contributed by atoms with Crippen LogP contribution >= 0.6 is 0 Å². The highest BCUT2D eigenvalue weighted by molar-refractivity contribution is 5.76. The van der Waals surface area contributed by atoms with Crippen LogP contribution in [0.5, 0.6) is 0 Å². The Balaban J connectivity index is 1.17. The average Bonchev–Trinajstić information content (AvgIpc) is 3.31. The van der Waals surface area contributed by atoms with Gasteiger partial charge in [0.05, 0.1) is 6.20 Å². The molecule has 162 valence electrons. The van der Waals surface area contributed by atoms with Crippen molar-refractivity contribution < 1.29 is 9.21 Å². The molecule has 3 aromatic rings. The number of hydrogen-bond acceptors (Lipinski definition) is 5. The molecule has 0 saturated carbocycles. The minimum Gasteiger partial charge on any atom is -0.441 e. The summed E-state index contributed by atoms with van der Waals surface area (Å²) in [5.74, 6) is 1.37. The number of carbonyl (C=O) groups excluding carboxylic acids is 1. The number of piperazine rings is 1. The Morgan fingerprint density at radius 2 is 1.71 bits per heavy atom. The van der Waals surface area contributed by atoms with Gasteiger partial charge in [0.1, 0.15) is 0 Å². The van der Waals surface area contributed by atoms with E-state index in [0.29, 0.717) is 31.3 Å². The van der Waals surface area contributed by atoms with Gasteiger partial charge < -0.3 is 14.6 Å². The molecule has 1 aliphatic heterocycles. The van der Waals surface area contributed by atoms with Crippen molar-refractivity contribution in [3.8, 4) is 11.3 Å². The van der Waals surface area contributed by atoms with Crippen LogP contribution < -0.4 is 10.2 Å². The summed E-state index contributed by atoms with van der Waals surface area (Å²) in [6, 6.07) is 20.7. The molecule has 31 heavy (non-hydrogen) atoms. The summed E-state index contributed by atoms with van der Waals surface area (Å²) in [7, 11) is 0. The quantitative estimate of drug-likeness (QED) is 0.606. The second kappa shape index (κ2) is 10.3. The lowest BCUT2D eigenvalue weighted by Gasteiger charge is -2.39. The fourth-order valence-electron chi connectivity index (χ4n) is 3.92. The molecule has 0 aliphatic carbocycles. The predicted molar refractivity (Wildman–Crippen MR) is 123 cm³/mol. The van der Waals surface area contributed by atoms with Crippen molar-refractivity contribution >= 4 is 11.6 Å². The van der Waals surface area contributed by atoms with E-state index in [1.807, 2.05) is 30.3 Å². The number of anilines is 1. The minimum absolute atomic E-state index is 0.0363. The Labute approximate surface area is 183 Å². The molecule has 0 radical (unpaired) electrons. The molecule has 2 heterocycles. The van der Waals surface area contributed by atoms with E-state index in [-0.39, 0.29) is 5.91 Å². The first-order valence-electron chi connectivity index (χ1n) is 11.0. The summed E-state index contributed by atoms with van der Waals surface area (Å²) in [6.45, 7) is 6.87. The summed E-state index contributed by atoms with van der Waals surface area (Å²) < 4.78 is 5.78. The number of amides is 1. The first-order valence-corrected chi connectivity index (χ1v) is 11.0. The summed E-state index contributed by atoms with van der Waals surface area (Å²) >= 11 is 0. The zero-order valence-electron chi connectivity index (χ0n) is 18.0. The van der Waals surface area contributed by atoms with Gasteiger partial charge in [-0.2, -0.15) is 0 Å². The fraction of sp³-hybridized carbons (Fsp3) is 0.360. The van der Waals surface area contributed by atoms with Crippen LogP contribution in [0, 0.1) is 0 Å². The topological polar surface area (TPSA) is 61.6 Å². The van der Waals surface area contributed by atoms with Crippen LogP contribution in [0.2, 0.25) is 0 Å². The molecule has 2 aromatic carbocycles. The molecule has 1 atom stereocenters. The van der Waals surface area contributed by atoms with Crippen molar-refractivity contribution in [2.24, 2.45) is 0 Å². The molecule has 6 nitrogen and oxygen atoms in total.